The van der Waals surface area contributed by atoms with Crippen molar-refractivity contribution in [1.82, 2.24) is 10.1 Å². The number of nitro groups is 1. The van der Waals surface area contributed by atoms with Gasteiger partial charge in [-0.3, -0.25) is 10.1 Å². The number of non-ortho nitro benzene ring substituents is 1. The smallest absolute Gasteiger partial charge is 0.270 e. The summed E-state index contributed by atoms with van der Waals surface area (Å²) < 4.78 is 35.2. The summed E-state index contributed by atoms with van der Waals surface area (Å²) in [6.45, 7) is 4.03. The third kappa shape index (κ3) is 6.04. The average Bonchev–Trinajstić information content (AvgIpc) is 3.34. The van der Waals surface area contributed by atoms with Gasteiger partial charge in [0.25, 0.3) is 5.69 Å². The van der Waals surface area contributed by atoms with E-state index in [1.54, 1.807) is 19.1 Å². The molecule has 2 atom stereocenters. The predicted molar refractivity (Wildman–Crippen MR) is 143 cm³/mol. The molecule has 9 nitrogen and oxygen atoms in total. The van der Waals surface area contributed by atoms with Crippen LogP contribution < -0.4 is 14.9 Å². The van der Waals surface area contributed by atoms with Crippen molar-refractivity contribution in [3.8, 4) is 5.75 Å². The van der Waals surface area contributed by atoms with Gasteiger partial charge in [0, 0.05) is 28.6 Å². The zero-order valence-electron chi connectivity index (χ0n) is 19.9. The second kappa shape index (κ2) is 11.1. The Morgan fingerprint density at radius 1 is 1.16 bits per heavy atom. The van der Waals surface area contributed by atoms with Crippen molar-refractivity contribution >= 4 is 44.6 Å². The highest BCUT2D eigenvalue weighted by atomic mass is 35.5. The molecule has 2 unspecified atom stereocenters. The Morgan fingerprint density at radius 2 is 1.89 bits per heavy atom. The number of halogens is 2. The average molecular weight is 563 g/mol. The molecular weight excluding hydrogens is 539 g/mol. The lowest BCUT2D eigenvalue weighted by Gasteiger charge is -2.21. The van der Waals surface area contributed by atoms with E-state index in [0.717, 1.165) is 17.4 Å². The van der Waals surface area contributed by atoms with Gasteiger partial charge in [-0.2, -0.15) is 9.82 Å². The van der Waals surface area contributed by atoms with E-state index in [1.165, 1.54) is 18.2 Å². The summed E-state index contributed by atoms with van der Waals surface area (Å²) in [4.78, 5) is 10.4. The van der Waals surface area contributed by atoms with Crippen LogP contribution in [0.4, 0.5) is 5.69 Å². The molecule has 0 radical (unpaired) electrons. The van der Waals surface area contributed by atoms with Crippen molar-refractivity contribution in [3.63, 3.8) is 0 Å². The number of hydrogen-bond donors (Lipinski definition) is 2. The summed E-state index contributed by atoms with van der Waals surface area (Å²) in [5, 5.41) is 16.4. The fourth-order valence-corrected chi connectivity index (χ4v) is 6.04. The fraction of sp³-hybridized carbons (Fsp3) is 0.240. The van der Waals surface area contributed by atoms with E-state index in [4.69, 9.17) is 27.9 Å². The molecule has 0 amide bonds. The number of benzene rings is 3. The van der Waals surface area contributed by atoms with E-state index in [1.807, 2.05) is 31.2 Å². The molecule has 0 saturated heterocycles. The number of rotatable bonds is 9. The maximum absolute atomic E-state index is 13.5. The summed E-state index contributed by atoms with van der Waals surface area (Å²) in [5.74, 6) is 0.747. The molecule has 37 heavy (non-hydrogen) atoms. The van der Waals surface area contributed by atoms with Crippen LogP contribution in [0.2, 0.25) is 10.0 Å². The molecule has 2 N–H and O–H groups in total. The van der Waals surface area contributed by atoms with Crippen LogP contribution in [0.15, 0.2) is 70.7 Å². The van der Waals surface area contributed by atoms with Gasteiger partial charge < -0.3 is 10.2 Å². The number of sulfonamides is 1. The zero-order valence-corrected chi connectivity index (χ0v) is 22.3. The fourth-order valence-electron chi connectivity index (χ4n) is 4.06. The van der Waals surface area contributed by atoms with Gasteiger partial charge in [0.1, 0.15) is 5.75 Å². The molecule has 3 aromatic rings. The van der Waals surface area contributed by atoms with Gasteiger partial charge in [0.15, 0.2) is 0 Å². The van der Waals surface area contributed by atoms with Crippen molar-refractivity contribution in [2.75, 3.05) is 6.61 Å². The molecule has 1 heterocycles. The summed E-state index contributed by atoms with van der Waals surface area (Å²) in [7, 11) is -4.22. The Hall–Kier alpha value is -3.18. The van der Waals surface area contributed by atoms with Gasteiger partial charge in [0.2, 0.25) is 10.0 Å². The van der Waals surface area contributed by atoms with Gasteiger partial charge in [0.05, 0.1) is 34.2 Å². The molecule has 0 aromatic heterocycles. The van der Waals surface area contributed by atoms with Crippen LogP contribution in [0.3, 0.4) is 0 Å². The second-order valence-corrected chi connectivity index (χ2v) is 10.9. The number of hydrogen-bond acceptors (Lipinski definition) is 7. The number of nitro benzene ring substituents is 1. The van der Waals surface area contributed by atoms with Gasteiger partial charge in [-0.1, -0.05) is 47.5 Å². The van der Waals surface area contributed by atoms with Crippen LogP contribution in [-0.4, -0.2) is 25.7 Å². The minimum absolute atomic E-state index is 0.202. The molecule has 0 saturated carbocycles. The van der Waals surface area contributed by atoms with E-state index in [2.05, 4.69) is 15.2 Å². The Kier molecular flexibility index (Phi) is 8.03. The van der Waals surface area contributed by atoms with E-state index >= 15 is 0 Å². The van der Waals surface area contributed by atoms with Crippen LogP contribution >= 0.6 is 23.2 Å². The summed E-state index contributed by atoms with van der Waals surface area (Å²) in [5.41, 5.74) is 4.99. The second-order valence-electron chi connectivity index (χ2n) is 8.42. The van der Waals surface area contributed by atoms with Crippen LogP contribution in [0.25, 0.3) is 0 Å². The van der Waals surface area contributed by atoms with Crippen molar-refractivity contribution in [3.05, 3.63) is 97.5 Å². The van der Waals surface area contributed by atoms with Gasteiger partial charge in [-0.15, -0.1) is 0 Å². The van der Waals surface area contributed by atoms with E-state index < -0.39 is 21.0 Å². The van der Waals surface area contributed by atoms with Crippen LogP contribution in [0, 0.1) is 17.0 Å². The van der Waals surface area contributed by atoms with Gasteiger partial charge >= 0.3 is 0 Å². The van der Waals surface area contributed by atoms with Crippen LogP contribution in [0.1, 0.15) is 42.1 Å². The quantitative estimate of drug-likeness (QED) is 0.254. The number of nitrogens with zero attached hydrogens (tertiary/aromatic N) is 2. The highest BCUT2D eigenvalue weighted by Gasteiger charge is 2.33. The number of nitrogens with one attached hydrogen (secondary N) is 2. The highest BCUT2D eigenvalue weighted by Crippen LogP contribution is 2.34. The Balaban J connectivity index is 1.68. The third-order valence-corrected chi connectivity index (χ3v) is 8.05. The lowest BCUT2D eigenvalue weighted by molar-refractivity contribution is -0.385. The first kappa shape index (κ1) is 26.9. The van der Waals surface area contributed by atoms with Crippen molar-refractivity contribution in [2.45, 2.75) is 37.2 Å². The van der Waals surface area contributed by atoms with Crippen molar-refractivity contribution in [2.24, 2.45) is 5.10 Å². The summed E-state index contributed by atoms with van der Waals surface area (Å²) in [6.07, 6.45) is 0.383. The standard InChI is InChI=1S/C25H24Cl2N4O5S/c1-3-36-19-9-5-16(6-10-19)22-14-23(29-28-22)25(20-11-7-17(26)12-21(20)27)30-37(34,35)24-13-18(31(32)33)8-4-15(24)2/h4-13,22,25,28,30H,3,14H2,1-2H3. The molecule has 4 rings (SSSR count). The molecule has 1 aliphatic rings. The van der Waals surface area contributed by atoms with E-state index in [-0.39, 0.29) is 21.6 Å². The number of hydrazone groups is 1. The predicted octanol–water partition coefficient (Wildman–Crippen LogP) is 5.72. The zero-order chi connectivity index (χ0) is 26.7. The molecule has 1 aliphatic heterocycles. The first-order chi connectivity index (χ1) is 17.6. The Labute approximate surface area is 224 Å². The maximum atomic E-state index is 13.5. The topological polar surface area (TPSA) is 123 Å². The molecule has 12 heteroatoms. The van der Waals surface area contributed by atoms with E-state index in [0.29, 0.717) is 34.9 Å². The summed E-state index contributed by atoms with van der Waals surface area (Å²) >= 11 is 12.6. The van der Waals surface area contributed by atoms with Crippen LogP contribution in [-0.2, 0) is 10.0 Å². The first-order valence-electron chi connectivity index (χ1n) is 11.4. The highest BCUT2D eigenvalue weighted by molar-refractivity contribution is 7.89. The van der Waals surface area contributed by atoms with Crippen molar-refractivity contribution in [1.29, 1.82) is 0 Å². The molecule has 0 bridgehead atoms. The SMILES string of the molecule is CCOc1ccc(C2CC(C(NS(=O)(=O)c3cc([N+](=O)[O-])ccc3C)c3ccc(Cl)cc3Cl)=NN2)cc1. The minimum Gasteiger partial charge on any atom is -0.494 e. The number of ether oxygens (including phenoxy) is 1. The Morgan fingerprint density at radius 3 is 2.54 bits per heavy atom. The number of aryl methyl sites for hydroxylation is 1. The molecule has 194 valence electrons. The molecular formula is C25H24Cl2N4O5S. The molecule has 0 fully saturated rings. The van der Waals surface area contributed by atoms with Crippen LogP contribution in [0.5, 0.6) is 5.75 Å². The Bertz CT molecular complexity index is 1460. The minimum atomic E-state index is -4.22. The summed E-state index contributed by atoms with van der Waals surface area (Å²) in [6, 6.07) is 14.9. The lowest BCUT2D eigenvalue weighted by Crippen LogP contribution is -2.34. The first-order valence-corrected chi connectivity index (χ1v) is 13.6. The molecule has 0 aliphatic carbocycles. The molecule has 3 aromatic carbocycles. The third-order valence-electron chi connectivity index (χ3n) is 5.92. The van der Waals surface area contributed by atoms with Crippen molar-refractivity contribution < 1.29 is 18.1 Å². The monoisotopic (exact) mass is 562 g/mol. The van der Waals surface area contributed by atoms with Gasteiger partial charge in [-0.05, 0) is 54.8 Å². The van der Waals surface area contributed by atoms with E-state index in [9.17, 15) is 18.5 Å². The normalized spacial score (nSPS) is 16.1. The largest absolute Gasteiger partial charge is 0.494 e. The van der Waals surface area contributed by atoms with Gasteiger partial charge in [-0.25, -0.2) is 8.42 Å². The molecule has 0 spiro atoms. The lowest BCUT2D eigenvalue weighted by atomic mass is 9.96. The maximum Gasteiger partial charge on any atom is 0.270 e.